The maximum absolute atomic E-state index is 11.6. The summed E-state index contributed by atoms with van der Waals surface area (Å²) in [6, 6.07) is -0.365. The van der Waals surface area contributed by atoms with Crippen LogP contribution in [0.15, 0.2) is 0 Å². The zero-order chi connectivity index (χ0) is 12.0. The molecule has 4 nitrogen and oxygen atoms in total. The number of nitrogens with two attached hydrogens (primary N) is 1. The third kappa shape index (κ3) is 4.94. The normalized spacial score (nSPS) is 21.4. The van der Waals surface area contributed by atoms with Crippen LogP contribution in [0.4, 0.5) is 0 Å². The second-order valence-electron chi connectivity index (χ2n) is 4.92. The van der Waals surface area contributed by atoms with Crippen molar-refractivity contribution >= 4 is 5.91 Å². The molecule has 1 aliphatic rings. The van der Waals surface area contributed by atoms with Gasteiger partial charge in [0.25, 0.3) is 0 Å². The first kappa shape index (κ1) is 13.5. The Morgan fingerprint density at radius 3 is 2.62 bits per heavy atom. The lowest BCUT2D eigenvalue weighted by molar-refractivity contribution is -0.122. The van der Waals surface area contributed by atoms with E-state index in [4.69, 9.17) is 5.73 Å². The van der Waals surface area contributed by atoms with Crippen LogP contribution in [0.1, 0.15) is 45.4 Å². The number of carbonyl (C=O) groups excluding carboxylic acids is 1. The first-order chi connectivity index (χ1) is 7.59. The molecule has 1 amide bonds. The highest BCUT2D eigenvalue weighted by atomic mass is 16.3. The van der Waals surface area contributed by atoms with Crippen LogP contribution in [0, 0.1) is 5.92 Å². The fourth-order valence-corrected chi connectivity index (χ4v) is 2.13. The number of nitrogens with one attached hydrogen (secondary N) is 1. The van der Waals surface area contributed by atoms with Crippen molar-refractivity contribution in [2.24, 2.45) is 11.7 Å². The molecule has 0 aliphatic heterocycles. The van der Waals surface area contributed by atoms with Crippen LogP contribution in [0.5, 0.6) is 0 Å². The zero-order valence-corrected chi connectivity index (χ0v) is 10.1. The second-order valence-corrected chi connectivity index (χ2v) is 4.92. The van der Waals surface area contributed by atoms with Crippen molar-refractivity contribution in [3.8, 4) is 0 Å². The molecule has 0 saturated heterocycles. The number of aliphatic hydroxyl groups is 1. The van der Waals surface area contributed by atoms with E-state index < -0.39 is 6.10 Å². The van der Waals surface area contributed by atoms with Gasteiger partial charge < -0.3 is 16.2 Å². The molecule has 0 radical (unpaired) electrons. The Labute approximate surface area is 97.6 Å². The van der Waals surface area contributed by atoms with Gasteiger partial charge in [0.1, 0.15) is 0 Å². The minimum absolute atomic E-state index is 0.0722. The van der Waals surface area contributed by atoms with Crippen molar-refractivity contribution in [2.75, 3.05) is 6.54 Å². The highest BCUT2D eigenvalue weighted by Gasteiger charge is 2.17. The van der Waals surface area contributed by atoms with Crippen molar-refractivity contribution in [3.05, 3.63) is 0 Å². The van der Waals surface area contributed by atoms with E-state index in [9.17, 15) is 9.90 Å². The van der Waals surface area contributed by atoms with Crippen molar-refractivity contribution in [1.29, 1.82) is 0 Å². The second kappa shape index (κ2) is 6.86. The van der Waals surface area contributed by atoms with Crippen LogP contribution in [0.3, 0.4) is 0 Å². The van der Waals surface area contributed by atoms with E-state index in [1.807, 2.05) is 0 Å². The SMILES string of the molecule is CC(O)C(N)CNC(=O)CC1CCCCC1. The Hall–Kier alpha value is -0.610. The third-order valence-corrected chi connectivity index (χ3v) is 3.35. The Balaban J connectivity index is 2.14. The van der Waals surface area contributed by atoms with Gasteiger partial charge in [-0.3, -0.25) is 4.79 Å². The summed E-state index contributed by atoms with van der Waals surface area (Å²) in [6.07, 6.45) is 6.22. The van der Waals surface area contributed by atoms with Crippen LogP contribution in [-0.2, 0) is 4.79 Å². The first-order valence-electron chi connectivity index (χ1n) is 6.30. The number of hydrogen-bond donors (Lipinski definition) is 3. The molecular formula is C12H24N2O2. The molecule has 94 valence electrons. The summed E-state index contributed by atoms with van der Waals surface area (Å²) >= 11 is 0. The average molecular weight is 228 g/mol. The Bertz CT molecular complexity index is 213. The van der Waals surface area contributed by atoms with Gasteiger partial charge in [0.05, 0.1) is 6.10 Å². The minimum Gasteiger partial charge on any atom is -0.392 e. The van der Waals surface area contributed by atoms with Crippen LogP contribution in [0.2, 0.25) is 0 Å². The molecule has 0 spiro atoms. The summed E-state index contributed by atoms with van der Waals surface area (Å²) in [7, 11) is 0. The molecule has 0 aromatic heterocycles. The molecule has 2 atom stereocenters. The first-order valence-corrected chi connectivity index (χ1v) is 6.30. The van der Waals surface area contributed by atoms with Gasteiger partial charge in [-0.1, -0.05) is 19.3 Å². The fraction of sp³-hybridized carbons (Fsp3) is 0.917. The molecule has 1 aliphatic carbocycles. The summed E-state index contributed by atoms with van der Waals surface area (Å²) in [4.78, 5) is 11.6. The van der Waals surface area contributed by atoms with Crippen LogP contribution < -0.4 is 11.1 Å². The summed E-state index contributed by atoms with van der Waals surface area (Å²) in [6.45, 7) is 2.00. The largest absolute Gasteiger partial charge is 0.392 e. The topological polar surface area (TPSA) is 75.3 Å². The standard InChI is InChI=1S/C12H24N2O2/c1-9(15)11(13)8-14-12(16)7-10-5-3-2-4-6-10/h9-11,15H,2-8,13H2,1H3,(H,14,16). The van der Waals surface area contributed by atoms with Crippen molar-refractivity contribution in [1.82, 2.24) is 5.32 Å². The van der Waals surface area contributed by atoms with Crippen LogP contribution in [-0.4, -0.2) is 29.7 Å². The molecular weight excluding hydrogens is 204 g/mol. The third-order valence-electron chi connectivity index (χ3n) is 3.35. The van der Waals surface area contributed by atoms with E-state index in [-0.39, 0.29) is 11.9 Å². The van der Waals surface area contributed by atoms with Gasteiger partial charge in [-0.2, -0.15) is 0 Å². The molecule has 1 fully saturated rings. The number of hydrogen-bond acceptors (Lipinski definition) is 3. The number of rotatable bonds is 5. The molecule has 0 heterocycles. The van der Waals surface area contributed by atoms with E-state index in [0.29, 0.717) is 18.9 Å². The lowest BCUT2D eigenvalue weighted by Crippen LogP contribution is -2.44. The summed E-state index contributed by atoms with van der Waals surface area (Å²) in [5, 5.41) is 12.0. The van der Waals surface area contributed by atoms with Gasteiger partial charge in [-0.05, 0) is 25.7 Å². The summed E-state index contributed by atoms with van der Waals surface area (Å²) < 4.78 is 0. The minimum atomic E-state index is -0.574. The molecule has 0 bridgehead atoms. The number of amides is 1. The van der Waals surface area contributed by atoms with Gasteiger partial charge >= 0.3 is 0 Å². The van der Waals surface area contributed by atoms with Gasteiger partial charge in [-0.15, -0.1) is 0 Å². The van der Waals surface area contributed by atoms with Crippen molar-refractivity contribution in [3.63, 3.8) is 0 Å². The molecule has 16 heavy (non-hydrogen) atoms. The van der Waals surface area contributed by atoms with E-state index in [0.717, 1.165) is 0 Å². The predicted molar refractivity (Wildman–Crippen MR) is 63.9 cm³/mol. The lowest BCUT2D eigenvalue weighted by Gasteiger charge is -2.21. The average Bonchev–Trinajstić information content (AvgIpc) is 2.27. The molecule has 0 aromatic rings. The van der Waals surface area contributed by atoms with Gasteiger partial charge in [0.15, 0.2) is 0 Å². The highest BCUT2D eigenvalue weighted by Crippen LogP contribution is 2.25. The van der Waals surface area contributed by atoms with Gasteiger partial charge in [0.2, 0.25) is 5.91 Å². The molecule has 0 aromatic carbocycles. The van der Waals surface area contributed by atoms with E-state index in [1.165, 1.54) is 32.1 Å². The van der Waals surface area contributed by atoms with Gasteiger partial charge in [0, 0.05) is 19.0 Å². The molecule has 2 unspecified atom stereocenters. The van der Waals surface area contributed by atoms with Crippen LogP contribution >= 0.6 is 0 Å². The lowest BCUT2D eigenvalue weighted by atomic mass is 9.87. The number of carbonyl (C=O) groups is 1. The van der Waals surface area contributed by atoms with E-state index in [1.54, 1.807) is 6.92 Å². The molecule has 1 saturated carbocycles. The zero-order valence-electron chi connectivity index (χ0n) is 10.1. The quantitative estimate of drug-likeness (QED) is 0.651. The smallest absolute Gasteiger partial charge is 0.220 e. The van der Waals surface area contributed by atoms with E-state index >= 15 is 0 Å². The summed E-state index contributed by atoms with van der Waals surface area (Å²) in [5.74, 6) is 0.625. The van der Waals surface area contributed by atoms with Crippen molar-refractivity contribution in [2.45, 2.75) is 57.6 Å². The van der Waals surface area contributed by atoms with Crippen LogP contribution in [0.25, 0.3) is 0 Å². The summed E-state index contributed by atoms with van der Waals surface area (Å²) in [5.41, 5.74) is 5.63. The predicted octanol–water partition coefficient (Wildman–Crippen LogP) is 0.781. The maximum Gasteiger partial charge on any atom is 0.220 e. The van der Waals surface area contributed by atoms with E-state index in [2.05, 4.69) is 5.32 Å². The Morgan fingerprint density at radius 1 is 1.44 bits per heavy atom. The molecule has 4 heteroatoms. The van der Waals surface area contributed by atoms with Gasteiger partial charge in [-0.25, -0.2) is 0 Å². The monoisotopic (exact) mass is 228 g/mol. The molecule has 4 N–H and O–H groups in total. The highest BCUT2D eigenvalue weighted by molar-refractivity contribution is 5.76. The number of aliphatic hydroxyl groups excluding tert-OH is 1. The Kier molecular flexibility index (Phi) is 5.77. The fourth-order valence-electron chi connectivity index (χ4n) is 2.13. The van der Waals surface area contributed by atoms with Crippen molar-refractivity contribution < 1.29 is 9.90 Å². The maximum atomic E-state index is 11.6. The Morgan fingerprint density at radius 2 is 2.06 bits per heavy atom. The molecule has 1 rings (SSSR count).